The lowest BCUT2D eigenvalue weighted by Crippen LogP contribution is -2.64. The normalized spacial score (nSPS) is 16.0. The molecule has 15 nitrogen and oxygen atoms in total. The summed E-state index contributed by atoms with van der Waals surface area (Å²) in [6, 6.07) is 23.5. The molecule has 2 heterocycles. The Hall–Kier alpha value is -5.68. The number of nitrogens with zero attached hydrogens (tertiary/aromatic N) is 4. The van der Waals surface area contributed by atoms with Gasteiger partial charge in [0.2, 0.25) is 11.8 Å². The van der Waals surface area contributed by atoms with Crippen LogP contribution in [0.5, 0.6) is 11.5 Å². The van der Waals surface area contributed by atoms with Gasteiger partial charge >= 0.3 is 12.0 Å². The Labute approximate surface area is 401 Å². The van der Waals surface area contributed by atoms with E-state index in [1.165, 1.54) is 6.92 Å². The van der Waals surface area contributed by atoms with Gasteiger partial charge in [0, 0.05) is 41.2 Å². The second-order valence-corrected chi connectivity index (χ2v) is 17.5. The first kappa shape index (κ1) is 51.3. The molecule has 1 fully saturated rings. The molecule has 1 aromatic heterocycles. The fourth-order valence-corrected chi connectivity index (χ4v) is 8.10. The molecule has 0 spiro atoms. The van der Waals surface area contributed by atoms with E-state index in [0.29, 0.717) is 52.9 Å². The van der Waals surface area contributed by atoms with Crippen molar-refractivity contribution in [1.82, 2.24) is 40.6 Å². The lowest BCUT2D eigenvalue weighted by atomic mass is 9.83. The van der Waals surface area contributed by atoms with E-state index in [0.717, 1.165) is 40.5 Å². The second-order valence-electron chi connectivity index (χ2n) is 16.7. The molecule has 4 amide bonds. The van der Waals surface area contributed by atoms with Crippen molar-refractivity contribution in [3.05, 3.63) is 136 Å². The molecule has 6 rings (SSSR count). The van der Waals surface area contributed by atoms with Gasteiger partial charge < -0.3 is 50.6 Å². The van der Waals surface area contributed by atoms with E-state index >= 15 is 0 Å². The minimum Gasteiger partial charge on any atom is -0.480 e. The van der Waals surface area contributed by atoms with E-state index < -0.39 is 54.1 Å². The largest absolute Gasteiger partial charge is 0.480 e. The van der Waals surface area contributed by atoms with Crippen LogP contribution in [0.4, 0.5) is 4.79 Å². The molecule has 0 bridgehead atoms. The van der Waals surface area contributed by atoms with Gasteiger partial charge in [-0.25, -0.2) is 14.6 Å². The fraction of sp³-hybridized carbons (Fsp3) is 0.354. The molecule has 4 atom stereocenters. The van der Waals surface area contributed by atoms with Gasteiger partial charge in [0.25, 0.3) is 0 Å². The third-order valence-corrected chi connectivity index (χ3v) is 11.9. The van der Waals surface area contributed by atoms with E-state index in [4.69, 9.17) is 27.9 Å². The number of urea groups is 1. The maximum Gasteiger partial charge on any atom is 0.326 e. The molecular weight excluding hydrogens is 907 g/mol. The number of amides is 4. The summed E-state index contributed by atoms with van der Waals surface area (Å²) in [5.41, 5.74) is 3.18. The number of halogens is 3. The molecule has 0 radical (unpaired) electrons. The number of rotatable bonds is 19. The minimum absolute atomic E-state index is 0. The zero-order chi connectivity index (χ0) is 46.7. The number of benzene rings is 4. The molecule has 352 valence electrons. The van der Waals surface area contributed by atoms with Crippen LogP contribution < -0.4 is 26.0 Å². The number of carbonyl (C=O) groups is 4. The highest BCUT2D eigenvalue weighted by molar-refractivity contribution is 6.31. The van der Waals surface area contributed by atoms with E-state index in [-0.39, 0.29) is 31.1 Å². The SMILES string of the molecule is C[C@@H](C(=O)N[C@@H](CO)C(=O)N[C@@]1(Cc2ccc(Cl)cc2)CCCNC1)N(Cc1ccc(Cl)cc1Oc1ccc(-c2cnc(CN(C)C)n2C)cc1)C(=O)N[C@@H](Cc1ccccc1)C(=O)O.Cl. The quantitative estimate of drug-likeness (QED) is 0.0554. The van der Waals surface area contributed by atoms with Gasteiger partial charge in [0.05, 0.1) is 37.1 Å². The summed E-state index contributed by atoms with van der Waals surface area (Å²) in [6.45, 7) is 2.39. The predicted octanol–water partition coefficient (Wildman–Crippen LogP) is 6.22. The molecule has 4 aromatic carbocycles. The second kappa shape index (κ2) is 23.7. The third kappa shape index (κ3) is 13.7. The summed E-state index contributed by atoms with van der Waals surface area (Å²) in [4.78, 5) is 62.7. The molecular formula is C48H57Cl3N8O7. The Morgan fingerprint density at radius 2 is 1.59 bits per heavy atom. The molecule has 66 heavy (non-hydrogen) atoms. The van der Waals surface area contributed by atoms with Crippen LogP contribution in [0.2, 0.25) is 10.0 Å². The van der Waals surface area contributed by atoms with Crippen molar-refractivity contribution >= 4 is 59.4 Å². The van der Waals surface area contributed by atoms with Crippen LogP contribution in [0.1, 0.15) is 42.3 Å². The predicted molar refractivity (Wildman–Crippen MR) is 257 cm³/mol. The highest BCUT2D eigenvalue weighted by Crippen LogP contribution is 2.32. The summed E-state index contributed by atoms with van der Waals surface area (Å²) in [6.07, 6.45) is 3.70. The lowest BCUT2D eigenvalue weighted by molar-refractivity contribution is -0.139. The number of piperidine rings is 1. The van der Waals surface area contributed by atoms with Gasteiger partial charge in [0.1, 0.15) is 35.4 Å². The van der Waals surface area contributed by atoms with Crippen molar-refractivity contribution in [2.24, 2.45) is 7.05 Å². The Morgan fingerprint density at radius 3 is 2.23 bits per heavy atom. The van der Waals surface area contributed by atoms with Crippen molar-refractivity contribution < 1.29 is 34.1 Å². The van der Waals surface area contributed by atoms with Crippen molar-refractivity contribution in [2.75, 3.05) is 33.8 Å². The maximum absolute atomic E-state index is 14.3. The molecule has 18 heteroatoms. The highest BCUT2D eigenvalue weighted by Gasteiger charge is 2.37. The summed E-state index contributed by atoms with van der Waals surface area (Å²) in [5.74, 6) is -1.00. The Bertz CT molecular complexity index is 2410. The number of carboxylic acids is 1. The lowest BCUT2D eigenvalue weighted by Gasteiger charge is -2.40. The summed E-state index contributed by atoms with van der Waals surface area (Å²) >= 11 is 12.6. The molecule has 6 N–H and O–H groups in total. The van der Waals surface area contributed by atoms with Crippen molar-refractivity contribution in [3.8, 4) is 22.8 Å². The molecule has 5 aromatic rings. The van der Waals surface area contributed by atoms with Crippen LogP contribution >= 0.6 is 35.6 Å². The van der Waals surface area contributed by atoms with Crippen LogP contribution in [-0.2, 0) is 47.4 Å². The van der Waals surface area contributed by atoms with Gasteiger partial charge in [-0.1, -0.05) is 71.7 Å². The van der Waals surface area contributed by atoms with E-state index in [9.17, 15) is 29.4 Å². The monoisotopic (exact) mass is 962 g/mol. The maximum atomic E-state index is 14.3. The Kier molecular flexibility index (Phi) is 18.4. The fourth-order valence-electron chi connectivity index (χ4n) is 7.81. The van der Waals surface area contributed by atoms with Crippen molar-refractivity contribution in [1.29, 1.82) is 0 Å². The van der Waals surface area contributed by atoms with Crippen LogP contribution in [-0.4, -0.2) is 111 Å². The van der Waals surface area contributed by atoms with E-state index in [1.54, 1.807) is 72.8 Å². The van der Waals surface area contributed by atoms with Gasteiger partial charge in [-0.3, -0.25) is 9.59 Å². The summed E-state index contributed by atoms with van der Waals surface area (Å²) in [7, 11) is 5.92. The molecule has 1 aliphatic heterocycles. The Morgan fingerprint density at radius 1 is 0.894 bits per heavy atom. The first-order valence-corrected chi connectivity index (χ1v) is 22.1. The first-order chi connectivity index (χ1) is 31.1. The molecule has 0 aliphatic carbocycles. The van der Waals surface area contributed by atoms with Gasteiger partial charge in [-0.05, 0) is 106 Å². The number of ether oxygens (including phenoxy) is 1. The zero-order valence-corrected chi connectivity index (χ0v) is 39.6. The zero-order valence-electron chi connectivity index (χ0n) is 37.3. The van der Waals surface area contributed by atoms with E-state index in [2.05, 4.69) is 26.3 Å². The van der Waals surface area contributed by atoms with Crippen LogP contribution in [0.25, 0.3) is 11.3 Å². The minimum atomic E-state index is -1.38. The number of aliphatic hydroxyl groups is 1. The number of carboxylic acid groups (broad SMARTS) is 1. The molecule has 0 unspecified atom stereocenters. The van der Waals surface area contributed by atoms with Crippen LogP contribution in [0.15, 0.2) is 103 Å². The number of aromatic nitrogens is 2. The smallest absolute Gasteiger partial charge is 0.326 e. The number of aliphatic carboxylic acids is 1. The molecule has 1 aliphatic rings. The number of nitrogens with one attached hydrogen (secondary N) is 4. The average Bonchev–Trinajstić information content (AvgIpc) is 3.64. The van der Waals surface area contributed by atoms with Gasteiger partial charge in [0.15, 0.2) is 0 Å². The number of imidazole rings is 1. The first-order valence-electron chi connectivity index (χ1n) is 21.4. The summed E-state index contributed by atoms with van der Waals surface area (Å²) < 4.78 is 8.39. The van der Waals surface area contributed by atoms with Gasteiger partial charge in [-0.2, -0.15) is 0 Å². The number of carbonyl (C=O) groups excluding carboxylic acids is 3. The Balaban J connectivity index is 0.00000817. The van der Waals surface area contributed by atoms with Crippen LogP contribution in [0, 0.1) is 0 Å². The van der Waals surface area contributed by atoms with Crippen LogP contribution in [0.3, 0.4) is 0 Å². The van der Waals surface area contributed by atoms with Crippen molar-refractivity contribution in [3.63, 3.8) is 0 Å². The molecule has 0 saturated carbocycles. The third-order valence-electron chi connectivity index (χ3n) is 11.4. The summed E-state index contributed by atoms with van der Waals surface area (Å²) in [5, 5.41) is 33.3. The van der Waals surface area contributed by atoms with Crippen molar-refractivity contribution in [2.45, 2.75) is 69.4 Å². The highest BCUT2D eigenvalue weighted by atomic mass is 35.5. The molecule has 1 saturated heterocycles. The standard InChI is InChI=1S/C48H56Cl2N8O7.ClH/c1-31(44(60)53-40(29-59)45(61)55-48(21-8-22-51-30-48)25-33-11-16-36(49)17-12-33)58(47(64)54-39(46(62)63)23-32-9-6-5-7-10-32)27-35-13-18-37(50)24-42(35)65-38-19-14-34(15-20-38)41-26-52-43(57(41)4)28-56(2)3;/h5-7,9-20,24,26,31,39-40,51,59H,8,21-23,25,27-30H2,1-4H3,(H,53,60)(H,54,64)(H,55,61)(H,62,63);1H/t31-,39-,40-,48+;/m0./s1. The number of aliphatic hydroxyl groups excluding tert-OH is 1. The topological polar surface area (TPSA) is 190 Å². The number of hydrogen-bond donors (Lipinski definition) is 6. The van der Waals surface area contributed by atoms with Gasteiger partial charge in [-0.15, -0.1) is 12.4 Å². The van der Waals surface area contributed by atoms with E-state index in [1.807, 2.05) is 61.1 Å². The number of hydrogen-bond acceptors (Lipinski definition) is 9. The average molecular weight is 964 g/mol.